The number of carbonyl (C=O) groups excluding carboxylic acids is 2. The van der Waals surface area contributed by atoms with E-state index in [1.165, 1.54) is 11.0 Å². The Labute approximate surface area is 244 Å². The van der Waals surface area contributed by atoms with Crippen LogP contribution < -0.4 is 9.62 Å². The molecule has 0 bridgehead atoms. The Bertz CT molecular complexity index is 1440. The molecule has 0 aliphatic carbocycles. The lowest BCUT2D eigenvalue weighted by Gasteiger charge is -2.33. The van der Waals surface area contributed by atoms with E-state index in [-0.39, 0.29) is 24.6 Å². The maximum absolute atomic E-state index is 14.0. The first-order valence-corrected chi connectivity index (χ1v) is 15.2. The Kier molecular flexibility index (Phi) is 10.7. The van der Waals surface area contributed by atoms with Gasteiger partial charge in [-0.1, -0.05) is 77.3 Å². The Morgan fingerprint density at radius 1 is 0.897 bits per heavy atom. The minimum absolute atomic E-state index is 0.00336. The maximum Gasteiger partial charge on any atom is 0.244 e. The SMILES string of the molecule is CCNC(=O)[C@H](Cc1ccccc1)N(Cc1ccc(Cl)c(Cl)c1)C(=O)CN(c1ccc(C)c(Cl)c1)S(C)(=O)=O. The second kappa shape index (κ2) is 13.5. The van der Waals surface area contributed by atoms with Gasteiger partial charge in [-0.25, -0.2) is 8.42 Å². The highest BCUT2D eigenvalue weighted by molar-refractivity contribution is 7.92. The van der Waals surface area contributed by atoms with E-state index >= 15 is 0 Å². The van der Waals surface area contributed by atoms with E-state index < -0.39 is 28.5 Å². The van der Waals surface area contributed by atoms with Crippen LogP contribution in [-0.4, -0.2) is 50.5 Å². The third kappa shape index (κ3) is 8.35. The normalized spacial score (nSPS) is 12.1. The molecule has 0 radical (unpaired) electrons. The average molecular weight is 611 g/mol. The van der Waals surface area contributed by atoms with Gasteiger partial charge in [0.25, 0.3) is 0 Å². The van der Waals surface area contributed by atoms with E-state index in [9.17, 15) is 18.0 Å². The first-order valence-electron chi connectivity index (χ1n) is 12.2. The van der Waals surface area contributed by atoms with Crippen molar-refractivity contribution in [1.29, 1.82) is 0 Å². The van der Waals surface area contributed by atoms with Gasteiger partial charge in [-0.3, -0.25) is 13.9 Å². The highest BCUT2D eigenvalue weighted by Crippen LogP contribution is 2.27. The number of amides is 2. The standard InChI is InChI=1S/C28H30Cl3N3O4S/c1-4-32-28(36)26(15-20-8-6-5-7-9-20)33(17-21-11-13-23(29)25(31)14-21)27(35)18-34(39(3,37)38)22-12-10-19(2)24(30)16-22/h5-14,16,26H,4,15,17-18H2,1-3H3,(H,32,36)/t26-/m0/s1. The number of hydrogen-bond donors (Lipinski definition) is 1. The number of sulfonamides is 1. The molecule has 3 rings (SSSR count). The summed E-state index contributed by atoms with van der Waals surface area (Å²) < 4.78 is 26.6. The lowest BCUT2D eigenvalue weighted by atomic mass is 10.0. The molecule has 3 aromatic rings. The van der Waals surface area contributed by atoms with Crippen molar-refractivity contribution >= 4 is 62.3 Å². The number of likely N-dealkylation sites (N-methyl/N-ethyl adjacent to an activating group) is 1. The Hall–Kier alpha value is -2.78. The van der Waals surface area contributed by atoms with Crippen molar-refractivity contribution in [2.45, 2.75) is 32.9 Å². The molecule has 0 heterocycles. The zero-order chi connectivity index (χ0) is 28.7. The molecular weight excluding hydrogens is 581 g/mol. The van der Waals surface area contributed by atoms with E-state index in [1.54, 1.807) is 44.2 Å². The molecule has 0 saturated heterocycles. The molecular formula is C28H30Cl3N3O4S. The van der Waals surface area contributed by atoms with E-state index in [2.05, 4.69) is 5.32 Å². The number of hydrogen-bond acceptors (Lipinski definition) is 4. The predicted octanol–water partition coefficient (Wildman–Crippen LogP) is 5.50. The van der Waals surface area contributed by atoms with Crippen LogP contribution in [0.4, 0.5) is 5.69 Å². The molecule has 7 nitrogen and oxygen atoms in total. The van der Waals surface area contributed by atoms with Crippen LogP contribution in [0.2, 0.25) is 15.1 Å². The first-order chi connectivity index (χ1) is 18.4. The van der Waals surface area contributed by atoms with E-state index in [0.29, 0.717) is 27.2 Å². The highest BCUT2D eigenvalue weighted by atomic mass is 35.5. The van der Waals surface area contributed by atoms with Gasteiger partial charge in [0.2, 0.25) is 21.8 Å². The van der Waals surface area contributed by atoms with Gasteiger partial charge in [0.1, 0.15) is 12.6 Å². The number of nitrogens with zero attached hydrogens (tertiary/aromatic N) is 2. The largest absolute Gasteiger partial charge is 0.355 e. The van der Waals surface area contributed by atoms with Gasteiger partial charge in [-0.05, 0) is 54.8 Å². The second-order valence-corrected chi connectivity index (χ2v) is 12.2. The number of benzene rings is 3. The van der Waals surface area contributed by atoms with Crippen LogP contribution in [-0.2, 0) is 32.6 Å². The van der Waals surface area contributed by atoms with Crippen LogP contribution in [0.15, 0.2) is 66.7 Å². The summed E-state index contributed by atoms with van der Waals surface area (Å²) in [6, 6.07) is 18.1. The highest BCUT2D eigenvalue weighted by Gasteiger charge is 2.33. The van der Waals surface area contributed by atoms with Crippen LogP contribution in [0, 0.1) is 6.92 Å². The van der Waals surface area contributed by atoms with E-state index in [4.69, 9.17) is 34.8 Å². The lowest BCUT2D eigenvalue weighted by Crippen LogP contribution is -2.53. The summed E-state index contributed by atoms with van der Waals surface area (Å²) in [6.45, 7) is 3.40. The third-order valence-corrected chi connectivity index (χ3v) is 8.37. The summed E-state index contributed by atoms with van der Waals surface area (Å²) in [5, 5.41) is 3.82. The fourth-order valence-corrected chi connectivity index (χ4v) is 5.37. The summed E-state index contributed by atoms with van der Waals surface area (Å²) in [5.41, 5.74) is 2.48. The minimum atomic E-state index is -3.89. The molecule has 208 valence electrons. The molecule has 2 amide bonds. The fourth-order valence-electron chi connectivity index (χ4n) is 4.03. The van der Waals surface area contributed by atoms with E-state index in [1.807, 2.05) is 30.3 Å². The molecule has 0 aromatic heterocycles. The lowest BCUT2D eigenvalue weighted by molar-refractivity contribution is -0.140. The molecule has 3 aromatic carbocycles. The van der Waals surface area contributed by atoms with Crippen LogP contribution >= 0.6 is 34.8 Å². The minimum Gasteiger partial charge on any atom is -0.355 e. The Morgan fingerprint density at radius 3 is 2.18 bits per heavy atom. The Morgan fingerprint density at radius 2 is 1.59 bits per heavy atom. The number of aryl methyl sites for hydroxylation is 1. The van der Waals surface area contributed by atoms with Gasteiger partial charge in [0.05, 0.1) is 22.0 Å². The smallest absolute Gasteiger partial charge is 0.244 e. The van der Waals surface area contributed by atoms with Crippen molar-refractivity contribution in [3.8, 4) is 0 Å². The molecule has 11 heteroatoms. The van der Waals surface area contributed by atoms with Crippen molar-refractivity contribution < 1.29 is 18.0 Å². The van der Waals surface area contributed by atoms with Crippen molar-refractivity contribution in [1.82, 2.24) is 10.2 Å². The van der Waals surface area contributed by atoms with Gasteiger partial charge in [0, 0.05) is 24.5 Å². The number of halogens is 3. The van der Waals surface area contributed by atoms with Crippen LogP contribution in [0.3, 0.4) is 0 Å². The fraction of sp³-hybridized carbons (Fsp3) is 0.286. The summed E-state index contributed by atoms with van der Waals surface area (Å²) in [6.07, 6.45) is 1.23. The molecule has 39 heavy (non-hydrogen) atoms. The average Bonchev–Trinajstić information content (AvgIpc) is 2.88. The zero-order valence-electron chi connectivity index (χ0n) is 21.8. The molecule has 0 unspecified atom stereocenters. The van der Waals surface area contributed by atoms with Gasteiger partial charge in [-0.2, -0.15) is 0 Å². The molecule has 0 spiro atoms. The number of carbonyl (C=O) groups is 2. The summed E-state index contributed by atoms with van der Waals surface area (Å²) in [7, 11) is -3.89. The van der Waals surface area contributed by atoms with Crippen molar-refractivity contribution in [3.05, 3.63) is 98.5 Å². The van der Waals surface area contributed by atoms with Crippen LogP contribution in [0.5, 0.6) is 0 Å². The van der Waals surface area contributed by atoms with Crippen LogP contribution in [0.25, 0.3) is 0 Å². The van der Waals surface area contributed by atoms with Gasteiger partial charge in [0.15, 0.2) is 0 Å². The third-order valence-electron chi connectivity index (χ3n) is 6.08. The summed E-state index contributed by atoms with van der Waals surface area (Å²) >= 11 is 18.6. The van der Waals surface area contributed by atoms with Gasteiger partial charge in [-0.15, -0.1) is 0 Å². The number of rotatable bonds is 11. The second-order valence-electron chi connectivity index (χ2n) is 9.07. The molecule has 0 fully saturated rings. The molecule has 1 N–H and O–H groups in total. The van der Waals surface area contributed by atoms with Crippen molar-refractivity contribution in [3.63, 3.8) is 0 Å². The van der Waals surface area contributed by atoms with Crippen molar-refractivity contribution in [2.24, 2.45) is 0 Å². The van der Waals surface area contributed by atoms with Gasteiger partial charge < -0.3 is 10.2 Å². The molecule has 0 aliphatic rings. The van der Waals surface area contributed by atoms with Crippen LogP contribution in [0.1, 0.15) is 23.6 Å². The monoisotopic (exact) mass is 609 g/mol. The molecule has 0 aliphatic heterocycles. The molecule has 0 saturated carbocycles. The summed E-state index contributed by atoms with van der Waals surface area (Å²) in [5.74, 6) is -0.936. The topological polar surface area (TPSA) is 86.8 Å². The number of nitrogens with one attached hydrogen (secondary N) is 1. The number of anilines is 1. The van der Waals surface area contributed by atoms with Gasteiger partial charge >= 0.3 is 0 Å². The first kappa shape index (κ1) is 30.8. The van der Waals surface area contributed by atoms with E-state index in [0.717, 1.165) is 21.7 Å². The molecule has 1 atom stereocenters. The van der Waals surface area contributed by atoms with Crippen molar-refractivity contribution in [2.75, 3.05) is 23.7 Å². The summed E-state index contributed by atoms with van der Waals surface area (Å²) in [4.78, 5) is 28.7. The Balaban J connectivity index is 2.07. The zero-order valence-corrected chi connectivity index (χ0v) is 24.9. The quantitative estimate of drug-likeness (QED) is 0.311. The predicted molar refractivity (Wildman–Crippen MR) is 158 cm³/mol. The maximum atomic E-state index is 14.0.